The number of amides is 2. The van der Waals surface area contributed by atoms with E-state index in [0.717, 1.165) is 5.69 Å². The molecule has 8 nitrogen and oxygen atoms in total. The van der Waals surface area contributed by atoms with Gasteiger partial charge in [0.15, 0.2) is 5.76 Å². The molecule has 0 saturated carbocycles. The number of hydrogen-bond donors (Lipinski definition) is 3. The normalized spacial score (nSPS) is 13.8. The smallest absolute Gasteiger partial charge is 0.315 e. The molecule has 2 aromatic rings. The molecule has 0 aliphatic rings. The number of nitrogens with zero attached hydrogens (tertiary/aromatic N) is 3. The molecule has 0 aromatic carbocycles. The fourth-order valence-corrected chi connectivity index (χ4v) is 1.97. The van der Waals surface area contributed by atoms with E-state index in [1.54, 1.807) is 31.0 Å². The van der Waals surface area contributed by atoms with Crippen LogP contribution in [0.3, 0.4) is 0 Å². The highest BCUT2D eigenvalue weighted by Gasteiger charge is 2.25. The van der Waals surface area contributed by atoms with E-state index in [-0.39, 0.29) is 19.0 Å². The first-order chi connectivity index (χ1) is 10.8. The average Bonchev–Trinajstić information content (AvgIpc) is 3.12. The zero-order chi connectivity index (χ0) is 17.0. The van der Waals surface area contributed by atoms with Gasteiger partial charge in [-0.2, -0.15) is 5.10 Å². The maximum atomic E-state index is 11.8. The van der Waals surface area contributed by atoms with Crippen LogP contribution in [-0.4, -0.2) is 32.6 Å². The minimum atomic E-state index is -1.19. The minimum absolute atomic E-state index is 0.0676. The second kappa shape index (κ2) is 6.82. The molecule has 2 rings (SSSR count). The fourth-order valence-electron chi connectivity index (χ4n) is 1.97. The second-order valence-electron chi connectivity index (χ2n) is 6.09. The molecular weight excluding hydrogens is 298 g/mol. The molecule has 0 aliphatic heterocycles. The van der Waals surface area contributed by atoms with E-state index < -0.39 is 11.6 Å². The number of urea groups is 1. The lowest BCUT2D eigenvalue weighted by Gasteiger charge is -2.22. The van der Waals surface area contributed by atoms with Crippen LogP contribution < -0.4 is 10.6 Å². The molecule has 2 amide bonds. The van der Waals surface area contributed by atoms with Crippen molar-refractivity contribution in [2.75, 3.05) is 6.54 Å². The van der Waals surface area contributed by atoms with Crippen LogP contribution in [0.5, 0.6) is 0 Å². The molecule has 0 radical (unpaired) electrons. The lowest BCUT2D eigenvalue weighted by Crippen LogP contribution is -2.43. The minimum Gasteiger partial charge on any atom is -0.383 e. The molecule has 8 heteroatoms. The molecule has 1 atom stereocenters. The monoisotopic (exact) mass is 321 g/mol. The quantitative estimate of drug-likeness (QED) is 0.742. The Hall–Kier alpha value is -2.35. The van der Waals surface area contributed by atoms with Gasteiger partial charge < -0.3 is 20.3 Å². The van der Waals surface area contributed by atoms with Crippen molar-refractivity contribution in [3.63, 3.8) is 0 Å². The summed E-state index contributed by atoms with van der Waals surface area (Å²) in [7, 11) is 1.77. The van der Waals surface area contributed by atoms with Crippen LogP contribution >= 0.6 is 0 Å². The standard InChI is InChI=1S/C15H23N5O3/c1-10(2)13-5-12(23-19-13)7-16-14(21)17-9-15(3,22)11-6-18-20(4)8-11/h5-6,8,10,22H,7,9H2,1-4H3,(H2,16,17,21)/t15-/m1/s1. The molecule has 0 aliphatic carbocycles. The van der Waals surface area contributed by atoms with Crippen LogP contribution in [0.15, 0.2) is 23.0 Å². The Morgan fingerprint density at radius 1 is 1.48 bits per heavy atom. The van der Waals surface area contributed by atoms with Crippen LogP contribution in [0.1, 0.15) is 43.7 Å². The van der Waals surface area contributed by atoms with Crippen molar-refractivity contribution in [2.45, 2.75) is 38.8 Å². The van der Waals surface area contributed by atoms with Gasteiger partial charge in [-0.1, -0.05) is 19.0 Å². The zero-order valence-electron chi connectivity index (χ0n) is 13.8. The highest BCUT2D eigenvalue weighted by atomic mass is 16.5. The summed E-state index contributed by atoms with van der Waals surface area (Å²) in [5.74, 6) is 0.860. The molecule has 3 N–H and O–H groups in total. The Morgan fingerprint density at radius 3 is 2.78 bits per heavy atom. The van der Waals surface area contributed by atoms with Crippen LogP contribution in [0.4, 0.5) is 4.79 Å². The van der Waals surface area contributed by atoms with Crippen LogP contribution in [0, 0.1) is 0 Å². The Bertz CT molecular complexity index is 660. The summed E-state index contributed by atoms with van der Waals surface area (Å²) in [4.78, 5) is 11.8. The maximum Gasteiger partial charge on any atom is 0.315 e. The molecule has 0 unspecified atom stereocenters. The van der Waals surface area contributed by atoms with Gasteiger partial charge >= 0.3 is 6.03 Å². The van der Waals surface area contributed by atoms with Crippen LogP contribution in [0.2, 0.25) is 0 Å². The summed E-state index contributed by atoms with van der Waals surface area (Å²) in [6, 6.07) is 1.42. The maximum absolute atomic E-state index is 11.8. The summed E-state index contributed by atoms with van der Waals surface area (Å²) >= 11 is 0. The number of carbonyl (C=O) groups is 1. The van der Waals surface area contributed by atoms with Crippen LogP contribution in [0.25, 0.3) is 0 Å². The summed E-state index contributed by atoms with van der Waals surface area (Å²) in [5, 5.41) is 23.6. The molecule has 23 heavy (non-hydrogen) atoms. The number of rotatable bonds is 6. The van der Waals surface area contributed by atoms with Gasteiger partial charge in [0.1, 0.15) is 5.60 Å². The SMILES string of the molecule is CC(C)c1cc(CNC(=O)NC[C@@](C)(O)c2cnn(C)c2)on1. The lowest BCUT2D eigenvalue weighted by atomic mass is 10.00. The molecule has 2 heterocycles. The summed E-state index contributed by atoms with van der Waals surface area (Å²) in [5.41, 5.74) is 0.293. The Labute approximate surface area is 134 Å². The molecule has 0 spiro atoms. The van der Waals surface area contributed by atoms with Crippen molar-refractivity contribution >= 4 is 6.03 Å². The van der Waals surface area contributed by atoms with E-state index in [0.29, 0.717) is 11.3 Å². The van der Waals surface area contributed by atoms with E-state index in [1.807, 2.05) is 19.9 Å². The number of hydrogen-bond acceptors (Lipinski definition) is 5. The molecular formula is C15H23N5O3. The van der Waals surface area contributed by atoms with E-state index in [1.165, 1.54) is 0 Å². The van der Waals surface area contributed by atoms with Gasteiger partial charge in [0, 0.05) is 24.9 Å². The predicted octanol–water partition coefficient (Wildman–Crippen LogP) is 1.24. The third-order valence-electron chi connectivity index (χ3n) is 3.51. The van der Waals surface area contributed by atoms with Crippen molar-refractivity contribution in [1.82, 2.24) is 25.6 Å². The molecule has 2 aromatic heterocycles. The highest BCUT2D eigenvalue weighted by Crippen LogP contribution is 2.18. The van der Waals surface area contributed by atoms with Gasteiger partial charge in [-0.05, 0) is 12.8 Å². The largest absolute Gasteiger partial charge is 0.383 e. The Morgan fingerprint density at radius 2 is 2.22 bits per heavy atom. The van der Waals surface area contributed by atoms with Crippen molar-refractivity contribution in [3.05, 3.63) is 35.5 Å². The van der Waals surface area contributed by atoms with E-state index in [4.69, 9.17) is 4.52 Å². The average molecular weight is 321 g/mol. The third kappa shape index (κ3) is 4.56. The van der Waals surface area contributed by atoms with Crippen molar-refractivity contribution in [1.29, 1.82) is 0 Å². The number of nitrogens with one attached hydrogen (secondary N) is 2. The van der Waals surface area contributed by atoms with Crippen molar-refractivity contribution < 1.29 is 14.4 Å². The topological polar surface area (TPSA) is 105 Å². The Kier molecular flexibility index (Phi) is 5.05. The van der Waals surface area contributed by atoms with E-state index in [9.17, 15) is 9.90 Å². The van der Waals surface area contributed by atoms with Gasteiger partial charge in [-0.15, -0.1) is 0 Å². The molecule has 126 valence electrons. The molecule has 0 bridgehead atoms. The Balaban J connectivity index is 1.80. The van der Waals surface area contributed by atoms with Crippen molar-refractivity contribution in [3.8, 4) is 0 Å². The first-order valence-corrected chi connectivity index (χ1v) is 7.46. The number of aryl methyl sites for hydroxylation is 1. The number of aliphatic hydroxyl groups is 1. The lowest BCUT2D eigenvalue weighted by molar-refractivity contribution is 0.0593. The second-order valence-corrected chi connectivity index (χ2v) is 6.09. The van der Waals surface area contributed by atoms with E-state index in [2.05, 4.69) is 20.9 Å². The third-order valence-corrected chi connectivity index (χ3v) is 3.51. The van der Waals surface area contributed by atoms with Gasteiger partial charge in [-0.25, -0.2) is 4.79 Å². The fraction of sp³-hybridized carbons (Fsp3) is 0.533. The summed E-state index contributed by atoms with van der Waals surface area (Å²) in [6.07, 6.45) is 3.28. The summed E-state index contributed by atoms with van der Waals surface area (Å²) in [6.45, 7) is 5.96. The molecule has 0 fully saturated rings. The molecule has 0 saturated heterocycles. The first-order valence-electron chi connectivity index (χ1n) is 7.46. The van der Waals surface area contributed by atoms with Gasteiger partial charge in [0.2, 0.25) is 0 Å². The van der Waals surface area contributed by atoms with Gasteiger partial charge in [-0.3, -0.25) is 4.68 Å². The number of carbonyl (C=O) groups excluding carboxylic acids is 1. The van der Waals surface area contributed by atoms with Crippen molar-refractivity contribution in [2.24, 2.45) is 7.05 Å². The summed E-state index contributed by atoms with van der Waals surface area (Å²) < 4.78 is 6.74. The van der Waals surface area contributed by atoms with Crippen LogP contribution in [-0.2, 0) is 19.2 Å². The predicted molar refractivity (Wildman–Crippen MR) is 83.6 cm³/mol. The van der Waals surface area contributed by atoms with Gasteiger partial charge in [0.05, 0.1) is 25.0 Å². The van der Waals surface area contributed by atoms with Gasteiger partial charge in [0.25, 0.3) is 0 Å². The highest BCUT2D eigenvalue weighted by molar-refractivity contribution is 5.73. The zero-order valence-corrected chi connectivity index (χ0v) is 13.8. The first kappa shape index (κ1) is 17.0. The number of aromatic nitrogens is 3. The van der Waals surface area contributed by atoms with E-state index >= 15 is 0 Å².